The number of aromatic nitrogens is 2. The van der Waals surface area contributed by atoms with Gasteiger partial charge in [-0.2, -0.15) is 4.98 Å². The summed E-state index contributed by atoms with van der Waals surface area (Å²) < 4.78 is 18.9. The van der Waals surface area contributed by atoms with E-state index in [-0.39, 0.29) is 22.5 Å². The van der Waals surface area contributed by atoms with Gasteiger partial charge in [0, 0.05) is 6.54 Å². The third-order valence-electron chi connectivity index (χ3n) is 3.60. The van der Waals surface area contributed by atoms with Crippen LogP contribution in [0, 0.1) is 5.82 Å². The van der Waals surface area contributed by atoms with E-state index in [1.807, 2.05) is 0 Å². The molecule has 2 aromatic rings. The summed E-state index contributed by atoms with van der Waals surface area (Å²) in [4.78, 5) is 6.45. The largest absolute Gasteiger partial charge is 0.334 e. The topological polar surface area (TPSA) is 68.2 Å². The molecule has 3 rings (SSSR count). The molecule has 2 N–H and O–H groups in total. The third kappa shape index (κ3) is 3.07. The smallest absolute Gasteiger partial charge is 0.262 e. The van der Waals surface area contributed by atoms with Gasteiger partial charge in [0.05, 0.1) is 16.6 Å². The van der Waals surface area contributed by atoms with Crippen molar-refractivity contribution in [1.82, 2.24) is 15.0 Å². The van der Waals surface area contributed by atoms with Crippen molar-refractivity contribution in [2.45, 2.75) is 18.9 Å². The highest BCUT2D eigenvalue weighted by Gasteiger charge is 2.22. The van der Waals surface area contributed by atoms with Crippen molar-refractivity contribution < 1.29 is 8.91 Å². The molecule has 0 amide bonds. The Morgan fingerprint density at radius 1 is 1.38 bits per heavy atom. The first-order valence-electron chi connectivity index (χ1n) is 6.91. The maximum absolute atomic E-state index is 13.8. The standard InChI is InChI=1S/C14H16ClFN4O/c15-9-4-3-5-10(16)12(9)14-18-13(19-21-14)11(17)8-20-6-1-2-7-20/h3-5,11H,1-2,6-8,17H2. The number of benzene rings is 1. The second kappa shape index (κ2) is 6.09. The zero-order valence-corrected chi connectivity index (χ0v) is 12.2. The summed E-state index contributed by atoms with van der Waals surface area (Å²) in [5.41, 5.74) is 6.21. The summed E-state index contributed by atoms with van der Waals surface area (Å²) in [6.07, 6.45) is 2.38. The SMILES string of the molecule is NC(CN1CCCC1)c1noc(-c2c(F)cccc2Cl)n1. The Labute approximate surface area is 126 Å². The number of likely N-dealkylation sites (tertiary alicyclic amines) is 1. The molecule has 1 aliphatic heterocycles. The van der Waals surface area contributed by atoms with E-state index in [1.165, 1.54) is 25.0 Å². The highest BCUT2D eigenvalue weighted by atomic mass is 35.5. The van der Waals surface area contributed by atoms with Crippen LogP contribution in [0.15, 0.2) is 22.7 Å². The van der Waals surface area contributed by atoms with Gasteiger partial charge in [0.25, 0.3) is 5.89 Å². The van der Waals surface area contributed by atoms with Crippen molar-refractivity contribution in [3.05, 3.63) is 34.9 Å². The maximum Gasteiger partial charge on any atom is 0.262 e. The Morgan fingerprint density at radius 3 is 2.86 bits per heavy atom. The number of nitrogens with zero attached hydrogens (tertiary/aromatic N) is 3. The molecule has 5 nitrogen and oxygen atoms in total. The molecule has 1 saturated heterocycles. The van der Waals surface area contributed by atoms with Crippen molar-refractivity contribution in [3.8, 4) is 11.5 Å². The lowest BCUT2D eigenvalue weighted by atomic mass is 10.2. The van der Waals surface area contributed by atoms with Crippen LogP contribution >= 0.6 is 11.6 Å². The molecule has 21 heavy (non-hydrogen) atoms. The van der Waals surface area contributed by atoms with E-state index in [1.54, 1.807) is 6.07 Å². The van der Waals surface area contributed by atoms with Crippen LogP contribution in [0.4, 0.5) is 4.39 Å². The molecular formula is C14H16ClFN4O. The van der Waals surface area contributed by atoms with Crippen LogP contribution in [0.1, 0.15) is 24.7 Å². The average molecular weight is 311 g/mol. The lowest BCUT2D eigenvalue weighted by molar-refractivity contribution is 0.306. The normalized spacial score (nSPS) is 17.3. The highest BCUT2D eigenvalue weighted by molar-refractivity contribution is 6.33. The first kappa shape index (κ1) is 14.4. The van der Waals surface area contributed by atoms with Gasteiger partial charge in [-0.05, 0) is 38.1 Å². The monoisotopic (exact) mass is 310 g/mol. The Bertz CT molecular complexity index is 607. The van der Waals surface area contributed by atoms with Gasteiger partial charge >= 0.3 is 0 Å². The number of hydrogen-bond acceptors (Lipinski definition) is 5. The zero-order valence-electron chi connectivity index (χ0n) is 11.4. The zero-order chi connectivity index (χ0) is 14.8. The number of halogens is 2. The molecule has 0 bridgehead atoms. The number of hydrogen-bond donors (Lipinski definition) is 1. The quantitative estimate of drug-likeness (QED) is 0.940. The van der Waals surface area contributed by atoms with Gasteiger partial charge in [-0.3, -0.25) is 0 Å². The van der Waals surface area contributed by atoms with E-state index in [0.717, 1.165) is 13.1 Å². The number of nitrogens with two attached hydrogens (primary N) is 1. The molecule has 1 aromatic heterocycles. The van der Waals surface area contributed by atoms with Gasteiger partial charge in [-0.15, -0.1) is 0 Å². The fraction of sp³-hybridized carbons (Fsp3) is 0.429. The van der Waals surface area contributed by atoms with Crippen molar-refractivity contribution in [2.24, 2.45) is 5.73 Å². The van der Waals surface area contributed by atoms with Crippen LogP contribution in [0.2, 0.25) is 5.02 Å². The van der Waals surface area contributed by atoms with Crippen molar-refractivity contribution in [2.75, 3.05) is 19.6 Å². The van der Waals surface area contributed by atoms with Crippen LogP contribution in [0.25, 0.3) is 11.5 Å². The van der Waals surface area contributed by atoms with Crippen molar-refractivity contribution in [3.63, 3.8) is 0 Å². The summed E-state index contributed by atoms with van der Waals surface area (Å²) in [5.74, 6) is -0.0630. The van der Waals surface area contributed by atoms with Gasteiger partial charge in [0.15, 0.2) is 5.82 Å². The molecule has 1 unspecified atom stereocenters. The molecule has 0 radical (unpaired) electrons. The lowest BCUT2D eigenvalue weighted by Gasteiger charge is -2.17. The summed E-state index contributed by atoms with van der Waals surface area (Å²) in [5, 5.41) is 4.09. The van der Waals surface area contributed by atoms with Crippen LogP contribution in [-0.4, -0.2) is 34.7 Å². The Kier molecular flexibility index (Phi) is 4.19. The van der Waals surface area contributed by atoms with Gasteiger partial charge in [-0.25, -0.2) is 4.39 Å². The molecule has 1 aromatic carbocycles. The molecular weight excluding hydrogens is 295 g/mol. The molecule has 7 heteroatoms. The summed E-state index contributed by atoms with van der Waals surface area (Å²) in [6.45, 7) is 2.75. The van der Waals surface area contributed by atoms with Crippen LogP contribution < -0.4 is 5.73 Å². The van der Waals surface area contributed by atoms with Crippen LogP contribution in [0.3, 0.4) is 0 Å². The van der Waals surface area contributed by atoms with Gasteiger partial charge < -0.3 is 15.2 Å². The minimum Gasteiger partial charge on any atom is -0.334 e. The van der Waals surface area contributed by atoms with Crippen LogP contribution in [-0.2, 0) is 0 Å². The Balaban J connectivity index is 1.79. The second-order valence-corrected chi connectivity index (χ2v) is 5.58. The minimum atomic E-state index is -0.495. The molecule has 112 valence electrons. The lowest BCUT2D eigenvalue weighted by Crippen LogP contribution is -2.30. The Morgan fingerprint density at radius 2 is 2.14 bits per heavy atom. The van der Waals surface area contributed by atoms with E-state index in [0.29, 0.717) is 12.4 Å². The summed E-state index contributed by atoms with van der Waals surface area (Å²) in [6, 6.07) is 4.05. The first-order valence-corrected chi connectivity index (χ1v) is 7.29. The number of rotatable bonds is 4. The van der Waals surface area contributed by atoms with E-state index >= 15 is 0 Å². The predicted octanol–water partition coefficient (Wildman–Crippen LogP) is 2.62. The minimum absolute atomic E-state index is 0.0602. The van der Waals surface area contributed by atoms with Crippen molar-refractivity contribution >= 4 is 11.6 Å². The highest BCUT2D eigenvalue weighted by Crippen LogP contribution is 2.29. The van der Waals surface area contributed by atoms with Crippen LogP contribution in [0.5, 0.6) is 0 Å². The van der Waals surface area contributed by atoms with E-state index in [4.69, 9.17) is 21.9 Å². The molecule has 0 spiro atoms. The summed E-state index contributed by atoms with van der Waals surface area (Å²) in [7, 11) is 0. The second-order valence-electron chi connectivity index (χ2n) is 5.17. The summed E-state index contributed by atoms with van der Waals surface area (Å²) >= 11 is 5.98. The average Bonchev–Trinajstić information content (AvgIpc) is 3.10. The predicted molar refractivity (Wildman–Crippen MR) is 77.3 cm³/mol. The van der Waals surface area contributed by atoms with Gasteiger partial charge in [-0.1, -0.05) is 22.8 Å². The van der Waals surface area contributed by atoms with Crippen molar-refractivity contribution in [1.29, 1.82) is 0 Å². The third-order valence-corrected chi connectivity index (χ3v) is 3.92. The molecule has 0 aliphatic carbocycles. The fourth-order valence-corrected chi connectivity index (χ4v) is 2.76. The fourth-order valence-electron chi connectivity index (χ4n) is 2.51. The molecule has 2 heterocycles. The van der Waals surface area contributed by atoms with E-state index in [9.17, 15) is 4.39 Å². The molecule has 1 fully saturated rings. The maximum atomic E-state index is 13.8. The molecule has 1 atom stereocenters. The molecule has 0 saturated carbocycles. The van der Waals surface area contributed by atoms with E-state index in [2.05, 4.69) is 15.0 Å². The first-order chi connectivity index (χ1) is 10.1. The van der Waals surface area contributed by atoms with Gasteiger partial charge in [0.2, 0.25) is 0 Å². The Hall–Kier alpha value is -1.50. The molecule has 1 aliphatic rings. The van der Waals surface area contributed by atoms with Gasteiger partial charge in [0.1, 0.15) is 5.82 Å². The van der Waals surface area contributed by atoms with E-state index < -0.39 is 5.82 Å².